The van der Waals surface area contributed by atoms with Crippen LogP contribution >= 0.6 is 0 Å². The molecule has 2 aliphatic carbocycles. The highest BCUT2D eigenvalue weighted by Gasteiger charge is 2.65. The fraction of sp³-hybridized carbons (Fsp3) is 0.579. The van der Waals surface area contributed by atoms with Crippen molar-refractivity contribution >= 4 is 31.7 Å². The maximum Gasteiger partial charge on any atom is 0.262 e. The average Bonchev–Trinajstić information content (AvgIpc) is 3.04. The van der Waals surface area contributed by atoms with Crippen molar-refractivity contribution in [1.29, 1.82) is 0 Å². The van der Waals surface area contributed by atoms with Gasteiger partial charge in [0.15, 0.2) is 0 Å². The number of carbonyl (C=O) groups excluding carboxylic acids is 2. The number of fused-ring (bicyclic) bond motifs is 2. The normalized spacial score (nSPS) is 25.2. The molecule has 0 saturated heterocycles. The summed E-state index contributed by atoms with van der Waals surface area (Å²) < 4.78 is 81.4. The Labute approximate surface area is 190 Å². The van der Waals surface area contributed by atoms with E-state index in [2.05, 4.69) is 0 Å². The van der Waals surface area contributed by atoms with Gasteiger partial charge in [-0.25, -0.2) is 40.5 Å². The van der Waals surface area contributed by atoms with Crippen molar-refractivity contribution in [3.8, 4) is 0 Å². The molecule has 3 rings (SSSR count). The van der Waals surface area contributed by atoms with Crippen LogP contribution in [0.5, 0.6) is 0 Å². The van der Waals surface area contributed by atoms with E-state index in [4.69, 9.17) is 5.21 Å². The molecule has 4 N–H and O–H groups in total. The minimum absolute atomic E-state index is 0.0501. The van der Waals surface area contributed by atoms with Crippen LogP contribution in [0.4, 0.5) is 8.78 Å². The van der Waals surface area contributed by atoms with Gasteiger partial charge in [0, 0.05) is 24.4 Å². The molecule has 0 spiro atoms. The van der Waals surface area contributed by atoms with Crippen molar-refractivity contribution in [3.05, 3.63) is 29.8 Å². The van der Waals surface area contributed by atoms with Gasteiger partial charge in [-0.05, 0) is 36.3 Å². The number of halogens is 2. The summed E-state index contributed by atoms with van der Waals surface area (Å²) in [6.45, 7) is 2.76. The molecule has 0 heterocycles. The van der Waals surface area contributed by atoms with Gasteiger partial charge in [-0.3, -0.25) is 14.8 Å². The summed E-state index contributed by atoms with van der Waals surface area (Å²) in [5.74, 6) is -4.40. The third kappa shape index (κ3) is 4.67. The highest BCUT2D eigenvalue weighted by atomic mass is 32.2. The van der Waals surface area contributed by atoms with Crippen molar-refractivity contribution in [2.45, 2.75) is 44.0 Å². The lowest BCUT2D eigenvalue weighted by atomic mass is 9.70. The zero-order valence-corrected chi connectivity index (χ0v) is 19.5. The van der Waals surface area contributed by atoms with E-state index < -0.39 is 71.7 Å². The molecule has 2 saturated carbocycles. The molecule has 2 fully saturated rings. The first-order valence-electron chi connectivity index (χ1n) is 10.1. The summed E-state index contributed by atoms with van der Waals surface area (Å²) in [6, 6.07) is -0.0790. The van der Waals surface area contributed by atoms with Crippen LogP contribution in [-0.4, -0.2) is 52.1 Å². The number of carbonyl (C=O) groups is 2. The lowest BCUT2D eigenvalue weighted by molar-refractivity contribution is -0.130. The van der Waals surface area contributed by atoms with Crippen LogP contribution in [0.1, 0.15) is 33.1 Å². The van der Waals surface area contributed by atoms with Gasteiger partial charge in [-0.15, -0.1) is 0 Å². The molecule has 2 aliphatic rings. The summed E-state index contributed by atoms with van der Waals surface area (Å²) in [7, 11) is -8.92. The van der Waals surface area contributed by atoms with Crippen LogP contribution in [0.2, 0.25) is 0 Å². The molecule has 14 heteroatoms. The van der Waals surface area contributed by atoms with E-state index in [9.17, 15) is 35.2 Å². The molecule has 1 aromatic carbocycles. The Kier molecular flexibility index (Phi) is 6.72. The van der Waals surface area contributed by atoms with Crippen molar-refractivity contribution in [2.75, 3.05) is 12.3 Å². The molecule has 1 aromatic rings. The minimum atomic E-state index is -4.60. The summed E-state index contributed by atoms with van der Waals surface area (Å²) in [5, 5.41) is 8.97. The fourth-order valence-corrected chi connectivity index (χ4v) is 8.06. The lowest BCUT2D eigenvalue weighted by Gasteiger charge is -2.36. The second-order valence-electron chi connectivity index (χ2n) is 9.00. The standard InChI is InChI=1S/C19H25F2N3O7S2/c1-18(2)11-5-6-19(18,16(25)7-11)10-32(28,29)24-14(17(26)23-27)9-22-33(30,31)15-4-3-12(20)8-13(15)21/h3-4,8,11,14,22,24,27H,5-7,9-10H2,1-2H3,(H,23,26). The number of hydrogen-bond donors (Lipinski definition) is 4. The van der Waals surface area contributed by atoms with Gasteiger partial charge in [0.2, 0.25) is 20.0 Å². The summed E-state index contributed by atoms with van der Waals surface area (Å²) in [6.07, 6.45) is 1.34. The fourth-order valence-electron chi connectivity index (χ4n) is 4.92. The van der Waals surface area contributed by atoms with Crippen LogP contribution in [0.25, 0.3) is 0 Å². The van der Waals surface area contributed by atoms with Crippen LogP contribution in [-0.2, 0) is 29.6 Å². The first-order chi connectivity index (χ1) is 15.1. The molecule has 0 radical (unpaired) electrons. The highest BCUT2D eigenvalue weighted by Crippen LogP contribution is 2.64. The van der Waals surface area contributed by atoms with Gasteiger partial charge < -0.3 is 0 Å². The molecule has 0 aromatic heterocycles. The first-order valence-corrected chi connectivity index (χ1v) is 13.2. The predicted molar refractivity (Wildman–Crippen MR) is 111 cm³/mol. The first kappa shape index (κ1) is 25.6. The number of sulfonamides is 2. The Bertz CT molecular complexity index is 1190. The van der Waals surface area contributed by atoms with E-state index in [0.29, 0.717) is 31.0 Å². The topological polar surface area (TPSA) is 159 Å². The second-order valence-corrected chi connectivity index (χ2v) is 12.5. The molecule has 10 nitrogen and oxygen atoms in total. The van der Waals surface area contributed by atoms with E-state index in [1.807, 2.05) is 23.3 Å². The molecule has 33 heavy (non-hydrogen) atoms. The summed E-state index contributed by atoms with van der Waals surface area (Å²) in [4.78, 5) is 23.7. The Balaban J connectivity index is 1.78. The maximum absolute atomic E-state index is 13.9. The molecule has 0 aliphatic heterocycles. The van der Waals surface area contributed by atoms with Crippen molar-refractivity contribution in [1.82, 2.24) is 14.9 Å². The smallest absolute Gasteiger partial charge is 0.262 e. The third-order valence-electron chi connectivity index (χ3n) is 6.98. The Morgan fingerprint density at radius 2 is 1.91 bits per heavy atom. The number of hydroxylamine groups is 1. The second kappa shape index (κ2) is 8.65. The number of nitrogens with one attached hydrogen (secondary N) is 3. The van der Waals surface area contributed by atoms with Gasteiger partial charge in [0.05, 0.1) is 5.75 Å². The third-order valence-corrected chi connectivity index (χ3v) is 9.96. The van der Waals surface area contributed by atoms with Crippen LogP contribution in [0, 0.1) is 28.4 Å². The van der Waals surface area contributed by atoms with E-state index in [1.165, 1.54) is 5.48 Å². The van der Waals surface area contributed by atoms with E-state index in [1.54, 1.807) is 0 Å². The minimum Gasteiger partial charge on any atom is -0.299 e. The zero-order valence-electron chi connectivity index (χ0n) is 17.9. The Morgan fingerprint density at radius 1 is 1.24 bits per heavy atom. The van der Waals surface area contributed by atoms with Crippen molar-refractivity contribution in [3.63, 3.8) is 0 Å². The quantitative estimate of drug-likeness (QED) is 0.278. The van der Waals surface area contributed by atoms with Gasteiger partial charge in [-0.1, -0.05) is 13.8 Å². The van der Waals surface area contributed by atoms with Gasteiger partial charge in [-0.2, -0.15) is 0 Å². The predicted octanol–water partition coefficient (Wildman–Crippen LogP) is 0.432. The van der Waals surface area contributed by atoms with Crippen LogP contribution < -0.4 is 14.9 Å². The molecular weight excluding hydrogens is 484 g/mol. The van der Waals surface area contributed by atoms with Gasteiger partial charge in [0.25, 0.3) is 5.91 Å². The molecule has 3 unspecified atom stereocenters. The lowest BCUT2D eigenvalue weighted by Crippen LogP contribution is -2.54. The average molecular weight is 510 g/mol. The Hall–Kier alpha value is -2.00. The van der Waals surface area contributed by atoms with Crippen LogP contribution in [0.15, 0.2) is 23.1 Å². The molecule has 1 amide bonds. The highest BCUT2D eigenvalue weighted by molar-refractivity contribution is 7.90. The monoisotopic (exact) mass is 509 g/mol. The zero-order chi connectivity index (χ0) is 24.8. The SMILES string of the molecule is CC1(C)C2CCC1(CS(=O)(=O)NC(CNS(=O)(=O)c1ccc(F)cc1F)C(=O)NO)C(=O)C2. The number of rotatable bonds is 9. The number of Topliss-reactive ketones (excluding diaryl/α,β-unsaturated/α-hetero) is 1. The molecule has 2 bridgehead atoms. The maximum atomic E-state index is 13.9. The largest absolute Gasteiger partial charge is 0.299 e. The van der Waals surface area contributed by atoms with Crippen molar-refractivity contribution < 1.29 is 40.4 Å². The molecular formula is C19H25F2N3O7S2. The van der Waals surface area contributed by atoms with Gasteiger partial charge in [0.1, 0.15) is 28.4 Å². The Morgan fingerprint density at radius 3 is 2.42 bits per heavy atom. The van der Waals surface area contributed by atoms with Crippen molar-refractivity contribution in [2.24, 2.45) is 16.7 Å². The molecule has 184 valence electrons. The van der Waals surface area contributed by atoms with E-state index in [-0.39, 0.29) is 18.1 Å². The number of benzene rings is 1. The van der Waals surface area contributed by atoms with Gasteiger partial charge >= 0.3 is 0 Å². The van der Waals surface area contributed by atoms with E-state index >= 15 is 0 Å². The van der Waals surface area contributed by atoms with Crippen LogP contribution in [0.3, 0.4) is 0 Å². The number of ketones is 1. The molecule has 3 atom stereocenters. The number of hydrogen-bond acceptors (Lipinski definition) is 7. The summed E-state index contributed by atoms with van der Waals surface area (Å²) in [5.41, 5.74) is -0.471. The van der Waals surface area contributed by atoms with E-state index in [0.717, 1.165) is 0 Å². The summed E-state index contributed by atoms with van der Waals surface area (Å²) >= 11 is 0. The number of amides is 1.